The fourth-order valence-electron chi connectivity index (χ4n) is 1.54. The van der Waals surface area contributed by atoms with Crippen LogP contribution in [0.3, 0.4) is 0 Å². The van der Waals surface area contributed by atoms with Crippen molar-refractivity contribution >= 4 is 22.4 Å². The molecule has 0 aromatic carbocycles. The van der Waals surface area contributed by atoms with E-state index in [0.717, 1.165) is 10.0 Å². The molecule has 0 fully saturated rings. The van der Waals surface area contributed by atoms with Crippen LogP contribution in [0.2, 0.25) is 0 Å². The molecule has 0 spiro atoms. The van der Waals surface area contributed by atoms with Gasteiger partial charge in [-0.15, -0.1) is 11.3 Å². The standard InChI is InChI=1S/C12H17N3O2S/c1-8(2)15(7-5-6-13)12-14-10(9(3)18-12)11(16)17-4/h8H,5,7H2,1-4H3. The second kappa shape index (κ2) is 6.36. The van der Waals surface area contributed by atoms with Gasteiger partial charge in [-0.25, -0.2) is 9.78 Å². The Morgan fingerprint density at radius 2 is 2.28 bits per heavy atom. The molecule has 0 radical (unpaired) electrons. The second-order valence-electron chi connectivity index (χ2n) is 4.09. The zero-order valence-corrected chi connectivity index (χ0v) is 11.9. The highest BCUT2D eigenvalue weighted by molar-refractivity contribution is 7.15. The molecule has 0 atom stereocenters. The molecule has 1 aromatic heterocycles. The van der Waals surface area contributed by atoms with Gasteiger partial charge >= 0.3 is 5.97 Å². The predicted molar refractivity (Wildman–Crippen MR) is 70.9 cm³/mol. The summed E-state index contributed by atoms with van der Waals surface area (Å²) >= 11 is 1.45. The first-order valence-electron chi connectivity index (χ1n) is 5.70. The van der Waals surface area contributed by atoms with Gasteiger partial charge < -0.3 is 9.64 Å². The number of hydrogen-bond acceptors (Lipinski definition) is 6. The SMILES string of the molecule is COC(=O)c1nc(N(CCC#N)C(C)C)sc1C. The van der Waals surface area contributed by atoms with E-state index in [4.69, 9.17) is 5.26 Å². The Balaban J connectivity index is 3.00. The molecule has 0 aliphatic carbocycles. The summed E-state index contributed by atoms with van der Waals surface area (Å²) in [7, 11) is 1.34. The lowest BCUT2D eigenvalue weighted by Crippen LogP contribution is -2.31. The minimum atomic E-state index is -0.418. The molecule has 0 bridgehead atoms. The van der Waals surface area contributed by atoms with Crippen LogP contribution in [0.5, 0.6) is 0 Å². The molecular formula is C12H17N3O2S. The largest absolute Gasteiger partial charge is 0.464 e. The van der Waals surface area contributed by atoms with E-state index in [1.54, 1.807) is 0 Å². The summed E-state index contributed by atoms with van der Waals surface area (Å²) in [5.41, 5.74) is 0.361. The first-order valence-corrected chi connectivity index (χ1v) is 6.52. The minimum Gasteiger partial charge on any atom is -0.464 e. The lowest BCUT2D eigenvalue weighted by molar-refractivity contribution is 0.0594. The van der Waals surface area contributed by atoms with Crippen LogP contribution in [0.25, 0.3) is 0 Å². The second-order valence-corrected chi connectivity index (χ2v) is 5.27. The van der Waals surface area contributed by atoms with E-state index >= 15 is 0 Å². The van der Waals surface area contributed by atoms with Gasteiger partial charge in [-0.1, -0.05) is 0 Å². The highest BCUT2D eigenvalue weighted by atomic mass is 32.1. The molecule has 1 heterocycles. The number of ether oxygens (including phenoxy) is 1. The van der Waals surface area contributed by atoms with Crippen LogP contribution in [-0.4, -0.2) is 30.6 Å². The number of aromatic nitrogens is 1. The van der Waals surface area contributed by atoms with Crippen molar-refractivity contribution in [1.82, 2.24) is 4.98 Å². The maximum Gasteiger partial charge on any atom is 0.357 e. The third kappa shape index (κ3) is 3.20. The van der Waals surface area contributed by atoms with E-state index in [2.05, 4.69) is 15.8 Å². The molecule has 0 aliphatic rings. The molecular weight excluding hydrogens is 250 g/mol. The Labute approximate surface area is 111 Å². The average Bonchev–Trinajstić information content (AvgIpc) is 2.70. The van der Waals surface area contributed by atoms with Gasteiger partial charge in [-0.05, 0) is 20.8 Å². The van der Waals surface area contributed by atoms with Gasteiger partial charge in [0.25, 0.3) is 0 Å². The predicted octanol–water partition coefficient (Wildman–Crippen LogP) is 2.37. The van der Waals surface area contributed by atoms with E-state index in [1.165, 1.54) is 18.4 Å². The lowest BCUT2D eigenvalue weighted by Gasteiger charge is -2.24. The van der Waals surface area contributed by atoms with Gasteiger partial charge in [-0.2, -0.15) is 5.26 Å². The summed E-state index contributed by atoms with van der Waals surface area (Å²) in [6.07, 6.45) is 0.435. The van der Waals surface area contributed by atoms with Gasteiger partial charge in [0.15, 0.2) is 10.8 Å². The quantitative estimate of drug-likeness (QED) is 0.766. The molecule has 0 aliphatic heterocycles. The number of carbonyl (C=O) groups is 1. The molecule has 18 heavy (non-hydrogen) atoms. The monoisotopic (exact) mass is 267 g/mol. The normalized spacial score (nSPS) is 10.2. The summed E-state index contributed by atoms with van der Waals surface area (Å²) < 4.78 is 4.69. The topological polar surface area (TPSA) is 66.2 Å². The van der Waals surface area contributed by atoms with Crippen LogP contribution in [0.15, 0.2) is 0 Å². The number of carbonyl (C=O) groups excluding carboxylic acids is 1. The number of hydrogen-bond donors (Lipinski definition) is 0. The third-order valence-electron chi connectivity index (χ3n) is 2.50. The van der Waals surface area contributed by atoms with E-state index in [9.17, 15) is 4.79 Å². The van der Waals surface area contributed by atoms with E-state index in [1.807, 2.05) is 25.7 Å². The van der Waals surface area contributed by atoms with Crippen molar-refractivity contribution in [2.24, 2.45) is 0 Å². The maximum atomic E-state index is 11.5. The molecule has 0 saturated heterocycles. The Hall–Kier alpha value is -1.61. The number of anilines is 1. The molecule has 0 N–H and O–H groups in total. The van der Waals surface area contributed by atoms with Gasteiger partial charge in [-0.3, -0.25) is 0 Å². The smallest absolute Gasteiger partial charge is 0.357 e. The van der Waals surface area contributed by atoms with Crippen molar-refractivity contribution in [2.45, 2.75) is 33.2 Å². The van der Waals surface area contributed by atoms with Crippen molar-refractivity contribution in [2.75, 3.05) is 18.6 Å². The van der Waals surface area contributed by atoms with E-state index < -0.39 is 5.97 Å². The van der Waals surface area contributed by atoms with Crippen LogP contribution in [0.4, 0.5) is 5.13 Å². The molecule has 98 valence electrons. The molecule has 0 unspecified atom stereocenters. The fourth-order valence-corrected chi connectivity index (χ4v) is 2.59. The van der Waals surface area contributed by atoms with E-state index in [-0.39, 0.29) is 6.04 Å². The maximum absolute atomic E-state index is 11.5. The molecule has 0 amide bonds. The Morgan fingerprint density at radius 1 is 1.61 bits per heavy atom. The summed E-state index contributed by atoms with van der Waals surface area (Å²) in [5.74, 6) is -0.418. The van der Waals surface area contributed by atoms with Crippen molar-refractivity contribution in [3.63, 3.8) is 0 Å². The number of esters is 1. The van der Waals surface area contributed by atoms with Crippen molar-refractivity contribution in [3.8, 4) is 6.07 Å². The minimum absolute atomic E-state index is 0.231. The van der Waals surface area contributed by atoms with Crippen molar-refractivity contribution in [1.29, 1.82) is 5.26 Å². The van der Waals surface area contributed by atoms with Gasteiger partial charge in [0.05, 0.1) is 19.6 Å². The highest BCUT2D eigenvalue weighted by Gasteiger charge is 2.20. The third-order valence-corrected chi connectivity index (χ3v) is 3.51. The Kier molecular flexibility index (Phi) is 5.10. The number of nitrogens with zero attached hydrogens (tertiary/aromatic N) is 3. The Bertz CT molecular complexity index is 462. The van der Waals surface area contributed by atoms with Crippen LogP contribution in [0.1, 0.15) is 35.6 Å². The van der Waals surface area contributed by atoms with Gasteiger partial charge in [0, 0.05) is 17.5 Å². The van der Waals surface area contributed by atoms with Crippen molar-refractivity contribution < 1.29 is 9.53 Å². The van der Waals surface area contributed by atoms with E-state index in [0.29, 0.717) is 18.7 Å². The first-order chi connectivity index (χ1) is 8.51. The van der Waals surface area contributed by atoms with Crippen LogP contribution in [0, 0.1) is 18.3 Å². The number of thiazole rings is 1. The summed E-state index contributed by atoms with van der Waals surface area (Å²) in [5, 5.41) is 9.42. The summed E-state index contributed by atoms with van der Waals surface area (Å²) in [6, 6.07) is 2.35. The van der Waals surface area contributed by atoms with Crippen LogP contribution < -0.4 is 4.90 Å². The highest BCUT2D eigenvalue weighted by Crippen LogP contribution is 2.27. The number of nitriles is 1. The molecule has 1 rings (SSSR count). The number of aryl methyl sites for hydroxylation is 1. The molecule has 5 nitrogen and oxygen atoms in total. The lowest BCUT2D eigenvalue weighted by atomic mass is 10.3. The zero-order valence-electron chi connectivity index (χ0n) is 11.1. The van der Waals surface area contributed by atoms with Crippen LogP contribution in [-0.2, 0) is 4.74 Å². The van der Waals surface area contributed by atoms with Gasteiger partial charge in [0.1, 0.15) is 0 Å². The molecule has 0 saturated carbocycles. The van der Waals surface area contributed by atoms with Gasteiger partial charge in [0.2, 0.25) is 0 Å². The zero-order chi connectivity index (χ0) is 13.7. The Morgan fingerprint density at radius 3 is 2.78 bits per heavy atom. The summed E-state index contributed by atoms with van der Waals surface area (Å²) in [6.45, 7) is 6.52. The number of rotatable bonds is 5. The number of methoxy groups -OCH3 is 1. The first kappa shape index (κ1) is 14.5. The summed E-state index contributed by atoms with van der Waals surface area (Å²) in [4.78, 5) is 18.7. The fraction of sp³-hybridized carbons (Fsp3) is 0.583. The molecule has 1 aromatic rings. The molecule has 6 heteroatoms. The average molecular weight is 267 g/mol. The van der Waals surface area contributed by atoms with Crippen LogP contribution >= 0.6 is 11.3 Å². The van der Waals surface area contributed by atoms with Crippen molar-refractivity contribution in [3.05, 3.63) is 10.6 Å².